The first-order valence-electron chi connectivity index (χ1n) is 4.58. The minimum atomic E-state index is -0.00174. The van der Waals surface area contributed by atoms with Crippen LogP contribution in [-0.2, 0) is 4.74 Å². The quantitative estimate of drug-likeness (QED) is 0.644. The Hall–Kier alpha value is -0.120. The van der Waals surface area contributed by atoms with Crippen molar-refractivity contribution in [2.45, 2.75) is 26.3 Å². The second kappa shape index (κ2) is 5.51. The summed E-state index contributed by atoms with van der Waals surface area (Å²) in [5.74, 6) is 0. The van der Waals surface area contributed by atoms with Crippen LogP contribution in [-0.4, -0.2) is 43.8 Å². The molecule has 0 rings (SSSR count). The zero-order valence-electron chi connectivity index (χ0n) is 8.76. The fourth-order valence-corrected chi connectivity index (χ4v) is 1.58. The molecule has 0 aromatic carbocycles. The van der Waals surface area contributed by atoms with Gasteiger partial charge in [0, 0.05) is 13.7 Å². The molecule has 1 unspecified atom stereocenters. The van der Waals surface area contributed by atoms with Gasteiger partial charge in [-0.15, -0.1) is 0 Å². The Bertz CT molecular complexity index is 115. The minimum Gasteiger partial charge on any atom is -0.383 e. The average Bonchev–Trinajstić information content (AvgIpc) is 2.07. The lowest BCUT2D eigenvalue weighted by Gasteiger charge is -2.38. The number of hydrogen-bond acceptors (Lipinski definition) is 3. The number of nitrogens with two attached hydrogens (primary N) is 1. The van der Waals surface area contributed by atoms with Crippen LogP contribution < -0.4 is 5.73 Å². The molecule has 2 N–H and O–H groups in total. The molecule has 0 bridgehead atoms. The van der Waals surface area contributed by atoms with Crippen molar-refractivity contribution in [3.8, 4) is 0 Å². The van der Waals surface area contributed by atoms with Gasteiger partial charge in [0.15, 0.2) is 0 Å². The maximum atomic E-state index is 5.72. The third kappa shape index (κ3) is 2.73. The van der Waals surface area contributed by atoms with Crippen LogP contribution in [0.15, 0.2) is 0 Å². The van der Waals surface area contributed by atoms with Gasteiger partial charge in [-0.25, -0.2) is 0 Å². The SMILES string of the molecule is CCN(CC)C(C)(CN)COC. The predicted molar refractivity (Wildman–Crippen MR) is 52.3 cm³/mol. The van der Waals surface area contributed by atoms with Crippen LogP contribution >= 0.6 is 0 Å². The Balaban J connectivity index is 4.24. The number of rotatable bonds is 6. The van der Waals surface area contributed by atoms with Crippen molar-refractivity contribution >= 4 is 0 Å². The van der Waals surface area contributed by atoms with Gasteiger partial charge in [-0.3, -0.25) is 4.90 Å². The highest BCUT2D eigenvalue weighted by Crippen LogP contribution is 2.12. The summed E-state index contributed by atoms with van der Waals surface area (Å²) < 4.78 is 5.16. The van der Waals surface area contributed by atoms with E-state index >= 15 is 0 Å². The van der Waals surface area contributed by atoms with E-state index in [0.29, 0.717) is 13.2 Å². The van der Waals surface area contributed by atoms with E-state index in [-0.39, 0.29) is 5.54 Å². The first-order chi connectivity index (χ1) is 5.64. The molecule has 0 aromatic heterocycles. The van der Waals surface area contributed by atoms with E-state index in [4.69, 9.17) is 10.5 Å². The molecule has 0 fully saturated rings. The molecular formula is C9H22N2O. The summed E-state index contributed by atoms with van der Waals surface area (Å²) in [4.78, 5) is 2.33. The van der Waals surface area contributed by atoms with Gasteiger partial charge in [0.2, 0.25) is 0 Å². The van der Waals surface area contributed by atoms with Crippen molar-refractivity contribution in [2.75, 3.05) is 33.4 Å². The molecule has 0 saturated heterocycles. The van der Waals surface area contributed by atoms with Crippen molar-refractivity contribution in [1.29, 1.82) is 0 Å². The van der Waals surface area contributed by atoms with Crippen LogP contribution in [0, 0.1) is 0 Å². The maximum absolute atomic E-state index is 5.72. The molecule has 12 heavy (non-hydrogen) atoms. The molecule has 0 saturated carbocycles. The van der Waals surface area contributed by atoms with E-state index in [1.54, 1.807) is 7.11 Å². The van der Waals surface area contributed by atoms with E-state index in [0.717, 1.165) is 13.1 Å². The third-order valence-corrected chi connectivity index (χ3v) is 2.42. The van der Waals surface area contributed by atoms with Crippen molar-refractivity contribution in [1.82, 2.24) is 4.90 Å². The molecule has 0 heterocycles. The first-order valence-corrected chi connectivity index (χ1v) is 4.58. The molecule has 0 aliphatic rings. The highest BCUT2D eigenvalue weighted by Gasteiger charge is 2.27. The van der Waals surface area contributed by atoms with Crippen LogP contribution in [0.25, 0.3) is 0 Å². The zero-order valence-corrected chi connectivity index (χ0v) is 8.76. The summed E-state index contributed by atoms with van der Waals surface area (Å²) in [6.07, 6.45) is 0. The Kier molecular flexibility index (Phi) is 5.46. The molecule has 0 aliphatic heterocycles. The van der Waals surface area contributed by atoms with E-state index < -0.39 is 0 Å². The van der Waals surface area contributed by atoms with Gasteiger partial charge in [-0.1, -0.05) is 13.8 Å². The molecule has 3 heteroatoms. The van der Waals surface area contributed by atoms with Crippen molar-refractivity contribution in [2.24, 2.45) is 5.73 Å². The van der Waals surface area contributed by atoms with Crippen LogP contribution in [0.2, 0.25) is 0 Å². The molecule has 3 nitrogen and oxygen atoms in total. The second-order valence-electron chi connectivity index (χ2n) is 3.31. The van der Waals surface area contributed by atoms with Crippen molar-refractivity contribution in [3.63, 3.8) is 0 Å². The molecule has 1 atom stereocenters. The number of methoxy groups -OCH3 is 1. The molecule has 74 valence electrons. The van der Waals surface area contributed by atoms with Gasteiger partial charge < -0.3 is 10.5 Å². The third-order valence-electron chi connectivity index (χ3n) is 2.42. The number of hydrogen-bond donors (Lipinski definition) is 1. The summed E-state index contributed by atoms with van der Waals surface area (Å²) in [5, 5.41) is 0. The lowest BCUT2D eigenvalue weighted by atomic mass is 10.0. The Labute approximate surface area is 75.9 Å². The largest absolute Gasteiger partial charge is 0.383 e. The van der Waals surface area contributed by atoms with E-state index in [1.165, 1.54) is 0 Å². The van der Waals surface area contributed by atoms with Gasteiger partial charge >= 0.3 is 0 Å². The summed E-state index contributed by atoms with van der Waals surface area (Å²) >= 11 is 0. The first kappa shape index (κ1) is 11.9. The van der Waals surface area contributed by atoms with Gasteiger partial charge in [-0.2, -0.15) is 0 Å². The molecular weight excluding hydrogens is 152 g/mol. The van der Waals surface area contributed by atoms with Crippen LogP contribution in [0.4, 0.5) is 0 Å². The Morgan fingerprint density at radius 3 is 2.08 bits per heavy atom. The minimum absolute atomic E-state index is 0.00174. The highest BCUT2D eigenvalue weighted by molar-refractivity contribution is 4.86. The van der Waals surface area contributed by atoms with E-state index in [1.807, 2.05) is 0 Å². The highest BCUT2D eigenvalue weighted by atomic mass is 16.5. The van der Waals surface area contributed by atoms with Gasteiger partial charge in [0.25, 0.3) is 0 Å². The maximum Gasteiger partial charge on any atom is 0.0656 e. The van der Waals surface area contributed by atoms with Crippen LogP contribution in [0.5, 0.6) is 0 Å². The topological polar surface area (TPSA) is 38.5 Å². The van der Waals surface area contributed by atoms with Crippen LogP contribution in [0.3, 0.4) is 0 Å². The van der Waals surface area contributed by atoms with Crippen molar-refractivity contribution < 1.29 is 4.74 Å². The predicted octanol–water partition coefficient (Wildman–Crippen LogP) is 0.692. The Morgan fingerprint density at radius 1 is 1.33 bits per heavy atom. The number of nitrogens with zero attached hydrogens (tertiary/aromatic N) is 1. The van der Waals surface area contributed by atoms with Crippen molar-refractivity contribution in [3.05, 3.63) is 0 Å². The Morgan fingerprint density at radius 2 is 1.83 bits per heavy atom. The van der Waals surface area contributed by atoms with Gasteiger partial charge in [-0.05, 0) is 20.0 Å². The lowest BCUT2D eigenvalue weighted by Crippen LogP contribution is -2.54. The second-order valence-corrected chi connectivity index (χ2v) is 3.31. The number of ether oxygens (including phenoxy) is 1. The molecule has 0 spiro atoms. The normalized spacial score (nSPS) is 16.5. The van der Waals surface area contributed by atoms with Crippen LogP contribution in [0.1, 0.15) is 20.8 Å². The van der Waals surface area contributed by atoms with E-state index in [2.05, 4.69) is 25.7 Å². The fraction of sp³-hybridized carbons (Fsp3) is 1.00. The monoisotopic (exact) mass is 174 g/mol. The summed E-state index contributed by atoms with van der Waals surface area (Å²) in [6.45, 7) is 9.82. The van der Waals surface area contributed by atoms with Gasteiger partial charge in [0.05, 0.1) is 12.1 Å². The lowest BCUT2D eigenvalue weighted by molar-refractivity contribution is 0.0335. The summed E-state index contributed by atoms with van der Waals surface area (Å²) in [5.41, 5.74) is 5.72. The van der Waals surface area contributed by atoms with E-state index in [9.17, 15) is 0 Å². The smallest absolute Gasteiger partial charge is 0.0656 e. The number of likely N-dealkylation sites (N-methyl/N-ethyl adjacent to an activating group) is 1. The summed E-state index contributed by atoms with van der Waals surface area (Å²) in [6, 6.07) is 0. The molecule has 0 aromatic rings. The molecule has 0 aliphatic carbocycles. The summed E-state index contributed by atoms with van der Waals surface area (Å²) in [7, 11) is 1.72. The zero-order chi connectivity index (χ0) is 9.61. The fourth-order valence-electron chi connectivity index (χ4n) is 1.58. The standard InChI is InChI=1S/C9H22N2O/c1-5-11(6-2)9(3,7-10)8-12-4/h5-8,10H2,1-4H3. The average molecular weight is 174 g/mol. The molecule has 0 radical (unpaired) electrons. The molecule has 0 amide bonds. The van der Waals surface area contributed by atoms with Gasteiger partial charge in [0.1, 0.15) is 0 Å².